The third kappa shape index (κ3) is 5.49. The van der Waals surface area contributed by atoms with Crippen molar-refractivity contribution >= 4 is 28.6 Å². The van der Waals surface area contributed by atoms with Gasteiger partial charge in [-0.15, -0.1) is 0 Å². The third-order valence-electron chi connectivity index (χ3n) is 7.30. The summed E-state index contributed by atoms with van der Waals surface area (Å²) in [5.41, 5.74) is 1.34. The highest BCUT2D eigenvalue weighted by atomic mass is 35.5. The molecule has 0 spiro atoms. The first-order valence-electron chi connectivity index (χ1n) is 13.3. The number of carbonyl (C=O) groups is 1. The van der Waals surface area contributed by atoms with Crippen LogP contribution in [0.25, 0.3) is 22.0 Å². The van der Waals surface area contributed by atoms with E-state index in [1.807, 2.05) is 0 Å². The highest BCUT2D eigenvalue weighted by Gasteiger charge is 2.39. The number of fused-ring (bicyclic) bond motifs is 2. The molecular formula is C28H26ClF2N5O6. The summed E-state index contributed by atoms with van der Waals surface area (Å²) in [5.74, 6) is 0.293. The van der Waals surface area contributed by atoms with Crippen LogP contribution in [0.5, 0.6) is 11.8 Å². The van der Waals surface area contributed by atoms with E-state index in [4.69, 9.17) is 25.8 Å². The van der Waals surface area contributed by atoms with Crippen LogP contribution in [-0.4, -0.2) is 73.9 Å². The molecule has 2 atom stereocenters. The molecule has 0 radical (unpaired) electrons. The molecule has 0 aliphatic carbocycles. The standard InChI is InChI=1S/C28H26ClF2N5O6/c29-18-3-1-16(2-4-18)13-35-25(38)22-11-24(42-20-5-6-34-19(9-20)15-41-28(34)39)21(17-12-32-36(14-17)26(30)31)10-23(22)33-27(35)40-8-7-37/h1-4,10-12,14,19-20,26,37H,5-9,13,15H2/t19-,20-/m0/s1. The second-order valence-corrected chi connectivity index (χ2v) is 10.5. The van der Waals surface area contributed by atoms with Crippen molar-refractivity contribution in [1.82, 2.24) is 24.2 Å². The normalized spacial score (nSPS) is 18.4. The van der Waals surface area contributed by atoms with Gasteiger partial charge in [-0.2, -0.15) is 18.9 Å². The van der Waals surface area contributed by atoms with Gasteiger partial charge in [0.25, 0.3) is 11.6 Å². The van der Waals surface area contributed by atoms with Crippen molar-refractivity contribution in [2.24, 2.45) is 0 Å². The molecule has 0 bridgehead atoms. The zero-order valence-electron chi connectivity index (χ0n) is 22.2. The monoisotopic (exact) mass is 601 g/mol. The minimum Gasteiger partial charge on any atom is -0.490 e. The average molecular weight is 602 g/mol. The molecule has 0 saturated carbocycles. The number of halogens is 3. The number of alkyl halides is 2. The van der Waals surface area contributed by atoms with Crippen LogP contribution in [0.3, 0.4) is 0 Å². The fourth-order valence-electron chi connectivity index (χ4n) is 5.24. The van der Waals surface area contributed by atoms with E-state index in [1.165, 1.54) is 17.0 Å². The molecule has 14 heteroatoms. The molecule has 4 heterocycles. The number of rotatable bonds is 9. The Hall–Kier alpha value is -4.23. The number of amides is 1. The van der Waals surface area contributed by atoms with Gasteiger partial charge in [-0.3, -0.25) is 9.36 Å². The zero-order chi connectivity index (χ0) is 29.4. The van der Waals surface area contributed by atoms with Gasteiger partial charge in [0.05, 0.1) is 36.3 Å². The highest BCUT2D eigenvalue weighted by molar-refractivity contribution is 6.30. The molecule has 1 N–H and O–H groups in total. The third-order valence-corrected chi connectivity index (χ3v) is 7.56. The Labute approximate surface area is 242 Å². The molecule has 1 amide bonds. The van der Waals surface area contributed by atoms with E-state index in [2.05, 4.69) is 10.1 Å². The molecule has 220 valence electrons. The molecule has 0 unspecified atom stereocenters. The van der Waals surface area contributed by atoms with Crippen molar-refractivity contribution < 1.29 is 32.9 Å². The van der Waals surface area contributed by atoms with Crippen molar-refractivity contribution in [3.63, 3.8) is 0 Å². The Morgan fingerprint density at radius 3 is 2.74 bits per heavy atom. The van der Waals surface area contributed by atoms with E-state index in [-0.39, 0.29) is 61.5 Å². The maximum absolute atomic E-state index is 13.9. The molecule has 2 saturated heterocycles. The fourth-order valence-corrected chi connectivity index (χ4v) is 5.37. The lowest BCUT2D eigenvalue weighted by Gasteiger charge is -2.33. The summed E-state index contributed by atoms with van der Waals surface area (Å²) in [5, 5.41) is 13.9. The van der Waals surface area contributed by atoms with Gasteiger partial charge in [-0.1, -0.05) is 23.7 Å². The first-order valence-corrected chi connectivity index (χ1v) is 13.7. The predicted molar refractivity (Wildman–Crippen MR) is 147 cm³/mol. The number of hydrogen-bond donors (Lipinski definition) is 1. The Morgan fingerprint density at radius 2 is 2.00 bits per heavy atom. The molecule has 2 aliphatic heterocycles. The Kier molecular flexibility index (Phi) is 7.69. The number of piperidine rings is 1. The van der Waals surface area contributed by atoms with Crippen molar-refractivity contribution in [2.45, 2.75) is 38.1 Å². The molecular weight excluding hydrogens is 576 g/mol. The van der Waals surface area contributed by atoms with Crippen LogP contribution in [0.1, 0.15) is 25.0 Å². The molecule has 2 aromatic carbocycles. The number of nitrogens with zero attached hydrogens (tertiary/aromatic N) is 5. The Balaban J connectivity index is 1.44. The number of ether oxygens (including phenoxy) is 3. The maximum atomic E-state index is 13.9. The molecule has 2 aromatic heterocycles. The summed E-state index contributed by atoms with van der Waals surface area (Å²) >= 11 is 6.02. The highest BCUT2D eigenvalue weighted by Crippen LogP contribution is 2.36. The molecule has 11 nitrogen and oxygen atoms in total. The van der Waals surface area contributed by atoms with Gasteiger partial charge in [0.1, 0.15) is 25.1 Å². The smallest absolute Gasteiger partial charge is 0.410 e. The number of aliphatic hydroxyl groups excluding tert-OH is 1. The van der Waals surface area contributed by atoms with Gasteiger partial charge in [0.15, 0.2) is 0 Å². The largest absolute Gasteiger partial charge is 0.490 e. The van der Waals surface area contributed by atoms with Gasteiger partial charge in [-0.25, -0.2) is 9.48 Å². The lowest BCUT2D eigenvalue weighted by atomic mass is 10.0. The van der Waals surface area contributed by atoms with Gasteiger partial charge >= 0.3 is 12.6 Å². The van der Waals surface area contributed by atoms with E-state index in [9.17, 15) is 23.5 Å². The van der Waals surface area contributed by atoms with E-state index < -0.39 is 12.1 Å². The van der Waals surface area contributed by atoms with Crippen molar-refractivity contribution in [1.29, 1.82) is 0 Å². The fraction of sp³-hybridized carbons (Fsp3) is 0.357. The van der Waals surface area contributed by atoms with Crippen LogP contribution >= 0.6 is 11.6 Å². The maximum Gasteiger partial charge on any atom is 0.410 e. The Bertz CT molecular complexity index is 1680. The summed E-state index contributed by atoms with van der Waals surface area (Å²) in [6, 6.07) is 9.94. The first-order chi connectivity index (χ1) is 20.3. The van der Waals surface area contributed by atoms with Crippen LogP contribution in [0, 0.1) is 0 Å². The van der Waals surface area contributed by atoms with Crippen molar-refractivity contribution in [2.75, 3.05) is 26.4 Å². The lowest BCUT2D eigenvalue weighted by molar-refractivity contribution is 0.0566. The van der Waals surface area contributed by atoms with Gasteiger partial charge in [-0.05, 0) is 29.8 Å². The molecule has 42 heavy (non-hydrogen) atoms. The predicted octanol–water partition coefficient (Wildman–Crippen LogP) is 4.09. The van der Waals surface area contributed by atoms with E-state index in [1.54, 1.807) is 41.3 Å². The quantitative estimate of drug-likeness (QED) is 0.305. The minimum absolute atomic E-state index is 0.0160. The van der Waals surface area contributed by atoms with Gasteiger partial charge < -0.3 is 24.2 Å². The van der Waals surface area contributed by atoms with Crippen LogP contribution < -0.4 is 15.0 Å². The minimum atomic E-state index is -2.84. The van der Waals surface area contributed by atoms with Gasteiger partial charge in [0.2, 0.25) is 0 Å². The number of hydrogen-bond acceptors (Lipinski definition) is 8. The van der Waals surface area contributed by atoms with Crippen molar-refractivity contribution in [3.05, 3.63) is 69.7 Å². The summed E-state index contributed by atoms with van der Waals surface area (Å²) in [7, 11) is 0. The lowest BCUT2D eigenvalue weighted by Crippen LogP contribution is -2.44. The summed E-state index contributed by atoms with van der Waals surface area (Å²) in [6.07, 6.45) is 2.83. The van der Waals surface area contributed by atoms with E-state index in [0.29, 0.717) is 46.0 Å². The summed E-state index contributed by atoms with van der Waals surface area (Å²) < 4.78 is 45.8. The average Bonchev–Trinajstić information content (AvgIpc) is 3.62. The zero-order valence-corrected chi connectivity index (χ0v) is 22.9. The number of aromatic nitrogens is 4. The van der Waals surface area contributed by atoms with Gasteiger partial charge in [0, 0.05) is 41.7 Å². The molecule has 2 aliphatic rings. The first kappa shape index (κ1) is 27.9. The topological polar surface area (TPSA) is 121 Å². The molecule has 6 rings (SSSR count). The number of benzene rings is 2. The SMILES string of the molecule is O=C1OC[C@@H]2C[C@@H](Oc3cc4c(=O)n(Cc5ccc(Cl)cc5)c(OCCO)nc4cc3-c3cnn(C(F)F)c3)CCN12. The van der Waals surface area contributed by atoms with Crippen molar-refractivity contribution in [3.8, 4) is 22.9 Å². The van der Waals surface area contributed by atoms with Crippen LogP contribution in [0.15, 0.2) is 53.6 Å². The Morgan fingerprint density at radius 1 is 1.19 bits per heavy atom. The van der Waals surface area contributed by atoms with E-state index >= 15 is 0 Å². The van der Waals surface area contributed by atoms with Crippen LogP contribution in [0.2, 0.25) is 5.02 Å². The molecule has 2 fully saturated rings. The summed E-state index contributed by atoms with van der Waals surface area (Å²) in [6.45, 7) is -2.41. The van der Waals surface area contributed by atoms with E-state index in [0.717, 1.165) is 5.56 Å². The molecule has 4 aromatic rings. The number of aliphatic hydroxyl groups is 1. The number of carbonyl (C=O) groups excluding carboxylic acids is 1. The number of cyclic esters (lactones) is 1. The summed E-state index contributed by atoms with van der Waals surface area (Å²) in [4.78, 5) is 32.1. The van der Waals surface area contributed by atoms with Crippen LogP contribution in [0.4, 0.5) is 13.6 Å². The van der Waals surface area contributed by atoms with Crippen LogP contribution in [-0.2, 0) is 11.3 Å². The second-order valence-electron chi connectivity index (χ2n) is 10.0. The second kappa shape index (κ2) is 11.6.